The normalized spacial score (nSPS) is 35.0. The zero-order chi connectivity index (χ0) is 18.6. The first kappa shape index (κ1) is 17.7. The molecule has 3 aliphatic heterocycles. The second-order valence-corrected chi connectivity index (χ2v) is 9.64. The van der Waals surface area contributed by atoms with Crippen LogP contribution in [0.25, 0.3) is 0 Å². The standard InChI is InChI=1S/C19H29N5O2S/c1-23(2)17-21-18(27-22-17)24-10-14-13(15-7-8-19(14,11-24)26-15)9-20-16(25)12-5-3-4-6-12/h12-15H,3-11H2,1-2H3,(H,20,25)/t13-,14+,15+,19+/m0/s1. The van der Waals surface area contributed by atoms with Crippen LogP contribution in [0.1, 0.15) is 38.5 Å². The molecule has 1 spiro atoms. The molecule has 1 saturated carbocycles. The smallest absolute Gasteiger partial charge is 0.238 e. The van der Waals surface area contributed by atoms with Crippen LogP contribution in [0.2, 0.25) is 0 Å². The van der Waals surface area contributed by atoms with Gasteiger partial charge in [0.2, 0.25) is 17.0 Å². The van der Waals surface area contributed by atoms with Crippen LogP contribution in [0.4, 0.5) is 11.1 Å². The highest BCUT2D eigenvalue weighted by Gasteiger charge is 2.63. The van der Waals surface area contributed by atoms with Crippen molar-refractivity contribution in [3.8, 4) is 0 Å². The first-order chi connectivity index (χ1) is 13.1. The van der Waals surface area contributed by atoms with Gasteiger partial charge in [0, 0.05) is 63.0 Å². The van der Waals surface area contributed by atoms with Gasteiger partial charge >= 0.3 is 0 Å². The fourth-order valence-electron chi connectivity index (χ4n) is 5.68. The van der Waals surface area contributed by atoms with E-state index in [1.54, 1.807) is 0 Å². The largest absolute Gasteiger partial charge is 0.369 e. The minimum Gasteiger partial charge on any atom is -0.369 e. The molecule has 5 rings (SSSR count). The van der Waals surface area contributed by atoms with E-state index in [-0.39, 0.29) is 17.4 Å². The van der Waals surface area contributed by atoms with Crippen molar-refractivity contribution >= 4 is 28.5 Å². The van der Waals surface area contributed by atoms with Crippen molar-refractivity contribution in [2.45, 2.75) is 50.2 Å². The summed E-state index contributed by atoms with van der Waals surface area (Å²) in [5.41, 5.74) is -0.0443. The fraction of sp³-hybridized carbons (Fsp3) is 0.842. The monoisotopic (exact) mass is 391 g/mol. The van der Waals surface area contributed by atoms with E-state index in [4.69, 9.17) is 4.74 Å². The van der Waals surface area contributed by atoms with Crippen molar-refractivity contribution in [3.05, 3.63) is 0 Å². The predicted molar refractivity (Wildman–Crippen MR) is 105 cm³/mol. The molecule has 0 unspecified atom stereocenters. The lowest BCUT2D eigenvalue weighted by molar-refractivity contribution is -0.125. The molecule has 1 aliphatic carbocycles. The van der Waals surface area contributed by atoms with Gasteiger partial charge in [0.25, 0.3) is 0 Å². The highest BCUT2D eigenvalue weighted by molar-refractivity contribution is 7.09. The summed E-state index contributed by atoms with van der Waals surface area (Å²) in [6.07, 6.45) is 7.08. The van der Waals surface area contributed by atoms with Crippen LogP contribution < -0.4 is 15.1 Å². The summed E-state index contributed by atoms with van der Waals surface area (Å²) in [5, 5.41) is 4.25. The number of carbonyl (C=O) groups is 1. The van der Waals surface area contributed by atoms with Gasteiger partial charge in [-0.3, -0.25) is 4.79 Å². The maximum atomic E-state index is 12.5. The second-order valence-electron chi connectivity index (χ2n) is 8.91. The topological polar surface area (TPSA) is 70.6 Å². The van der Waals surface area contributed by atoms with Gasteiger partial charge in [-0.25, -0.2) is 0 Å². The zero-order valence-electron chi connectivity index (χ0n) is 16.2. The van der Waals surface area contributed by atoms with E-state index in [9.17, 15) is 4.79 Å². The predicted octanol–water partition coefficient (Wildman–Crippen LogP) is 1.89. The molecule has 1 amide bonds. The molecule has 2 bridgehead atoms. The number of nitrogens with one attached hydrogen (secondary N) is 1. The molecule has 7 nitrogen and oxygen atoms in total. The lowest BCUT2D eigenvalue weighted by atomic mass is 9.73. The number of carbonyl (C=O) groups excluding carboxylic acids is 1. The minimum atomic E-state index is -0.0443. The third kappa shape index (κ3) is 2.92. The van der Waals surface area contributed by atoms with Crippen molar-refractivity contribution < 1.29 is 9.53 Å². The first-order valence-electron chi connectivity index (χ1n) is 10.3. The molecule has 27 heavy (non-hydrogen) atoms. The molecular weight excluding hydrogens is 362 g/mol. The summed E-state index contributed by atoms with van der Waals surface area (Å²) in [5.74, 6) is 2.18. The molecule has 1 aromatic heterocycles. The quantitative estimate of drug-likeness (QED) is 0.827. The lowest BCUT2D eigenvalue weighted by Gasteiger charge is -2.29. The lowest BCUT2D eigenvalue weighted by Crippen LogP contribution is -2.42. The Kier molecular flexibility index (Phi) is 4.31. The Morgan fingerprint density at radius 2 is 2.19 bits per heavy atom. The minimum absolute atomic E-state index is 0.0443. The van der Waals surface area contributed by atoms with E-state index >= 15 is 0 Å². The molecule has 1 aromatic rings. The van der Waals surface area contributed by atoms with E-state index in [0.717, 1.165) is 56.4 Å². The average Bonchev–Trinajstić information content (AvgIpc) is 3.45. The van der Waals surface area contributed by atoms with Gasteiger partial charge in [-0.2, -0.15) is 9.36 Å². The van der Waals surface area contributed by atoms with Crippen molar-refractivity contribution in [2.75, 3.05) is 43.5 Å². The number of rotatable bonds is 5. The Morgan fingerprint density at radius 1 is 1.37 bits per heavy atom. The fourth-order valence-corrected chi connectivity index (χ4v) is 6.42. The van der Waals surface area contributed by atoms with Crippen LogP contribution in [0, 0.1) is 17.8 Å². The molecular formula is C19H29N5O2S. The average molecular weight is 392 g/mol. The third-order valence-corrected chi connectivity index (χ3v) is 7.86. The number of hydrogen-bond donors (Lipinski definition) is 1. The SMILES string of the molecule is CN(C)c1nsc(N2C[C@@H]3[C@H](CNC(=O)C4CCCC4)[C@H]4CC[C@]3(C2)O4)n1. The van der Waals surface area contributed by atoms with Crippen molar-refractivity contribution in [2.24, 2.45) is 17.8 Å². The molecule has 0 radical (unpaired) electrons. The Bertz CT molecular complexity index is 719. The van der Waals surface area contributed by atoms with E-state index in [0.29, 0.717) is 17.9 Å². The van der Waals surface area contributed by atoms with Crippen LogP contribution in [0.5, 0.6) is 0 Å². The van der Waals surface area contributed by atoms with Gasteiger partial charge in [0.1, 0.15) is 0 Å². The molecule has 8 heteroatoms. The Morgan fingerprint density at radius 3 is 2.93 bits per heavy atom. The number of amides is 1. The van der Waals surface area contributed by atoms with Gasteiger partial charge < -0.3 is 19.9 Å². The molecule has 4 heterocycles. The summed E-state index contributed by atoms with van der Waals surface area (Å²) in [4.78, 5) is 21.4. The third-order valence-electron chi connectivity index (χ3n) is 7.10. The molecule has 0 aromatic carbocycles. The van der Waals surface area contributed by atoms with Crippen LogP contribution in [-0.2, 0) is 9.53 Å². The van der Waals surface area contributed by atoms with E-state index in [1.165, 1.54) is 24.4 Å². The maximum absolute atomic E-state index is 12.5. The van der Waals surface area contributed by atoms with Crippen molar-refractivity contribution in [1.82, 2.24) is 14.7 Å². The molecule has 4 aliphatic rings. The Labute approximate surface area is 164 Å². The second kappa shape index (κ2) is 6.58. The Balaban J connectivity index is 1.26. The molecule has 148 valence electrons. The van der Waals surface area contributed by atoms with E-state index < -0.39 is 0 Å². The first-order valence-corrected chi connectivity index (χ1v) is 11.0. The van der Waals surface area contributed by atoms with Gasteiger partial charge in [0.05, 0.1) is 11.7 Å². The molecule has 3 saturated heterocycles. The number of ether oxygens (including phenoxy) is 1. The van der Waals surface area contributed by atoms with Gasteiger partial charge in [-0.05, 0) is 25.7 Å². The van der Waals surface area contributed by atoms with Gasteiger partial charge in [-0.15, -0.1) is 0 Å². The summed E-state index contributed by atoms with van der Waals surface area (Å²) in [6, 6.07) is 0. The summed E-state index contributed by atoms with van der Waals surface area (Å²) >= 11 is 1.47. The van der Waals surface area contributed by atoms with Gasteiger partial charge in [0.15, 0.2) is 0 Å². The number of aromatic nitrogens is 2. The summed E-state index contributed by atoms with van der Waals surface area (Å²) in [7, 11) is 3.94. The molecule has 4 fully saturated rings. The number of anilines is 2. The maximum Gasteiger partial charge on any atom is 0.238 e. The number of hydrogen-bond acceptors (Lipinski definition) is 7. The van der Waals surface area contributed by atoms with E-state index in [1.807, 2.05) is 19.0 Å². The molecule has 4 atom stereocenters. The number of nitrogens with zero attached hydrogens (tertiary/aromatic N) is 4. The van der Waals surface area contributed by atoms with Crippen LogP contribution in [-0.4, -0.2) is 60.7 Å². The highest BCUT2D eigenvalue weighted by Crippen LogP contribution is 2.55. The van der Waals surface area contributed by atoms with Crippen LogP contribution in [0.3, 0.4) is 0 Å². The van der Waals surface area contributed by atoms with E-state index in [2.05, 4.69) is 19.6 Å². The van der Waals surface area contributed by atoms with Crippen molar-refractivity contribution in [1.29, 1.82) is 0 Å². The summed E-state index contributed by atoms with van der Waals surface area (Å²) < 4.78 is 11.0. The molecule has 1 N–H and O–H groups in total. The highest BCUT2D eigenvalue weighted by atomic mass is 32.1. The zero-order valence-corrected chi connectivity index (χ0v) is 17.0. The Hall–Kier alpha value is -1.41. The summed E-state index contributed by atoms with van der Waals surface area (Å²) in [6.45, 7) is 2.63. The van der Waals surface area contributed by atoms with Gasteiger partial charge in [-0.1, -0.05) is 12.8 Å². The van der Waals surface area contributed by atoms with Crippen molar-refractivity contribution in [3.63, 3.8) is 0 Å². The van der Waals surface area contributed by atoms with Crippen LogP contribution in [0.15, 0.2) is 0 Å². The van der Waals surface area contributed by atoms with Crippen LogP contribution >= 0.6 is 11.5 Å². The number of fused-ring (bicyclic) bond motifs is 1.